The third kappa shape index (κ3) is 27.8. The average Bonchev–Trinajstić information content (AvgIpc) is 0.846. The maximum absolute atomic E-state index is 13.1. The molecule has 0 bridgehead atoms. The van der Waals surface area contributed by atoms with Gasteiger partial charge in [0.05, 0.1) is 56.2 Å². The Morgan fingerprint density at radius 1 is 0.570 bits per heavy atom. The summed E-state index contributed by atoms with van der Waals surface area (Å²) in [5, 5.41) is 12.6. The van der Waals surface area contributed by atoms with E-state index >= 15 is 0 Å². The van der Waals surface area contributed by atoms with Crippen LogP contribution in [0, 0.1) is 13.8 Å². The van der Waals surface area contributed by atoms with Gasteiger partial charge < -0.3 is 45.1 Å². The summed E-state index contributed by atoms with van der Waals surface area (Å²) in [4.78, 5) is 81.9. The number of quaternary nitrogens is 1. The Kier molecular flexibility index (Phi) is 28.9. The summed E-state index contributed by atoms with van der Waals surface area (Å²) in [6.45, 7) is 20.0. The van der Waals surface area contributed by atoms with E-state index in [4.69, 9.17) is 14.0 Å². The number of carbonyl (C=O) groups excluding carboxylic acids is 4. The highest BCUT2D eigenvalue weighted by Crippen LogP contribution is 2.27. The van der Waals surface area contributed by atoms with Crippen LogP contribution in [0.2, 0.25) is 0 Å². The number of nitrogens with zero attached hydrogens (tertiary/aromatic N) is 10. The van der Waals surface area contributed by atoms with Crippen molar-refractivity contribution < 1.29 is 68.2 Å². The molecule has 100 heavy (non-hydrogen) atoms. The number of hydrogen-bond acceptors (Lipinski definition) is 24. The first-order chi connectivity index (χ1) is 47.5. The number of amides is 2. The molecule has 0 saturated carbocycles. The Hall–Kier alpha value is -9.92. The van der Waals surface area contributed by atoms with E-state index in [0.717, 1.165) is 122 Å². The number of nitrogens with one attached hydrogen (secondary N) is 4. The normalized spacial score (nSPS) is 13.9. The molecule has 2 aliphatic heterocycles. The van der Waals surface area contributed by atoms with Crippen LogP contribution in [0.4, 0.5) is 44.2 Å². The van der Waals surface area contributed by atoms with Gasteiger partial charge in [0, 0.05) is 135 Å². The van der Waals surface area contributed by atoms with Crippen molar-refractivity contribution in [3.8, 4) is 22.5 Å². The number of ether oxygens (including phenoxy) is 4. The summed E-state index contributed by atoms with van der Waals surface area (Å²) < 4.78 is 70.6. The Morgan fingerprint density at radius 3 is 1.39 bits per heavy atom. The first-order valence-corrected chi connectivity index (χ1v) is 35.6. The Bertz CT molecular complexity index is 4200. The number of rotatable bonds is 21. The lowest BCUT2D eigenvalue weighted by Crippen LogP contribution is -2.58. The molecule has 0 aliphatic carbocycles. The molecule has 5 N–H and O–H groups in total. The van der Waals surface area contributed by atoms with Crippen LogP contribution in [0.3, 0.4) is 0 Å². The standard InChI is InChI=1S/C34H39N7O4.C29H31N7O.C6H12O6S.CH4O3S/c1-24(2)45-34(43)44-23-41(4)18-16-40(17-19-41)22-26-8-10-27(11-9-26)32(42)37-29-12-7-25(3)31(20-29)39-33-36-15-13-30(38-33)28-6-5-14-35-21-28;1-21-5-10-25(18-27(21)34-29-31-13-11-26(33-29)24-4-3-12-30-19-24)32-28(37)23-8-6-22(7-9-23)20-36-16-14-35(2)15-17-36;1-5(2)12-6(7)10-4-11-13(3,8)9;1-5(2,3)4/h5-15,20-21,24H,16-19,22-23H2,1-4H3,(H-,36,37,38,39,42);3-13,18-19H,14-17,20H2,1-2H3,(H,32,37)(H,31,33,34);5H,4H2,1-3H3;1H3,(H,2,3,4)/p+1. The third-order valence-electron chi connectivity index (χ3n) is 15.1. The van der Waals surface area contributed by atoms with Gasteiger partial charge in [0.15, 0.2) is 0 Å². The van der Waals surface area contributed by atoms with E-state index in [9.17, 15) is 36.0 Å². The van der Waals surface area contributed by atoms with Gasteiger partial charge in [-0.2, -0.15) is 16.8 Å². The third-order valence-corrected chi connectivity index (χ3v) is 15.6. The second kappa shape index (κ2) is 37.3. The van der Waals surface area contributed by atoms with Crippen LogP contribution < -0.4 is 21.3 Å². The number of aryl methyl sites for hydroxylation is 2. The lowest BCUT2D eigenvalue weighted by molar-refractivity contribution is -0.929. The second-order valence-electron chi connectivity index (χ2n) is 24.5. The van der Waals surface area contributed by atoms with E-state index in [1.807, 2.05) is 135 Å². The predicted molar refractivity (Wildman–Crippen MR) is 381 cm³/mol. The van der Waals surface area contributed by atoms with E-state index in [1.165, 1.54) is 5.56 Å². The molecular formula is C70H87N14O14S2+. The Balaban J connectivity index is 0.000000228. The van der Waals surface area contributed by atoms with Crippen LogP contribution in [0.5, 0.6) is 0 Å². The lowest BCUT2D eigenvalue weighted by Gasteiger charge is -2.41. The molecule has 0 radical (unpaired) electrons. The van der Waals surface area contributed by atoms with Crippen LogP contribution in [0.15, 0.2) is 159 Å². The van der Waals surface area contributed by atoms with E-state index in [2.05, 4.69) is 93.6 Å². The lowest BCUT2D eigenvalue weighted by atomic mass is 10.1. The number of aromatic nitrogens is 6. The number of anilines is 6. The van der Waals surface area contributed by atoms with Crippen molar-refractivity contribution in [3.63, 3.8) is 0 Å². The summed E-state index contributed by atoms with van der Waals surface area (Å²) in [6.07, 6.45) is 9.88. The zero-order valence-electron chi connectivity index (χ0n) is 57.7. The molecule has 0 atom stereocenters. The number of pyridine rings is 2. The molecule has 10 rings (SSSR count). The molecule has 2 amide bonds. The van der Waals surface area contributed by atoms with Gasteiger partial charge in [-0.25, -0.2) is 33.7 Å². The van der Waals surface area contributed by atoms with Crippen molar-refractivity contribution >= 4 is 79.0 Å². The van der Waals surface area contributed by atoms with Gasteiger partial charge in [0.2, 0.25) is 25.4 Å². The first kappa shape index (κ1) is 77.4. The summed E-state index contributed by atoms with van der Waals surface area (Å²) in [5.74, 6) is 0.600. The summed E-state index contributed by atoms with van der Waals surface area (Å²) >= 11 is 0. The molecule has 532 valence electrons. The fourth-order valence-electron chi connectivity index (χ4n) is 9.65. The van der Waals surface area contributed by atoms with Gasteiger partial charge in [-0.3, -0.25) is 38.4 Å². The Morgan fingerprint density at radius 2 is 0.990 bits per heavy atom. The molecule has 4 aromatic heterocycles. The minimum atomic E-state index is -3.67. The molecule has 28 nitrogen and oxygen atoms in total. The van der Waals surface area contributed by atoms with Crippen molar-refractivity contribution in [3.05, 3.63) is 192 Å². The molecule has 6 heterocycles. The van der Waals surface area contributed by atoms with Crippen molar-refractivity contribution in [2.45, 2.75) is 66.8 Å². The van der Waals surface area contributed by atoms with Crippen molar-refractivity contribution in [2.24, 2.45) is 0 Å². The average molecular weight is 1410 g/mol. The second-order valence-corrected chi connectivity index (χ2v) is 27.6. The highest BCUT2D eigenvalue weighted by atomic mass is 32.2. The number of piperazine rings is 2. The van der Waals surface area contributed by atoms with Crippen LogP contribution >= 0.6 is 0 Å². The molecular weight excluding hydrogens is 1320 g/mol. The molecule has 2 saturated heterocycles. The molecule has 4 aromatic carbocycles. The van der Waals surface area contributed by atoms with Crippen molar-refractivity contribution in [2.75, 3.05) is 114 Å². The molecule has 2 aliphatic rings. The zero-order valence-corrected chi connectivity index (χ0v) is 59.3. The van der Waals surface area contributed by atoms with Gasteiger partial charge in [0.1, 0.15) is 0 Å². The largest absolute Gasteiger partial charge is 0.512 e. The van der Waals surface area contributed by atoms with Crippen molar-refractivity contribution in [1.29, 1.82) is 0 Å². The maximum atomic E-state index is 13.1. The molecule has 8 aromatic rings. The SMILES string of the molecule is CC(C)OC(=O)OCOS(C)(=O)=O.CS(=O)(=O)O.Cc1ccc(NC(=O)c2ccc(CN3CCN(C)CC3)cc2)cc1Nc1nccc(-c2cccnc2)n1.Cc1ccc(NC(=O)c2ccc(CN3CC[N+](C)(COC(=O)OC(C)C)CC3)cc2)cc1Nc1nccc(-c2cccnc2)n1. The fourth-order valence-corrected chi connectivity index (χ4v) is 9.87. The van der Waals surface area contributed by atoms with Gasteiger partial charge in [0.25, 0.3) is 32.1 Å². The Labute approximate surface area is 583 Å². The first-order valence-electron chi connectivity index (χ1n) is 31.9. The van der Waals surface area contributed by atoms with Crippen LogP contribution in [-0.2, 0) is 56.5 Å². The maximum Gasteiger partial charge on any atom is 0.512 e. The fraction of sp³-hybridized carbons (Fsp3) is 0.343. The minimum absolute atomic E-state index is 0.143. The summed E-state index contributed by atoms with van der Waals surface area (Å²) in [7, 11) is -3.00. The predicted octanol–water partition coefficient (Wildman–Crippen LogP) is 10.2. The van der Waals surface area contributed by atoms with Crippen molar-refractivity contribution in [1.82, 2.24) is 44.6 Å². The van der Waals surface area contributed by atoms with E-state index in [0.29, 0.717) is 51.9 Å². The summed E-state index contributed by atoms with van der Waals surface area (Å²) in [5.41, 5.74) is 11.9. The topological polar surface area (TPSA) is 338 Å². The monoisotopic (exact) mass is 1410 g/mol. The summed E-state index contributed by atoms with van der Waals surface area (Å²) in [6, 6.07) is 38.4. The van der Waals surface area contributed by atoms with E-state index < -0.39 is 39.3 Å². The molecule has 0 unspecified atom stereocenters. The van der Waals surface area contributed by atoms with Crippen LogP contribution in [-0.4, -0.2) is 199 Å². The van der Waals surface area contributed by atoms with Crippen LogP contribution in [0.1, 0.15) is 70.7 Å². The van der Waals surface area contributed by atoms with E-state index in [1.54, 1.807) is 64.9 Å². The molecule has 0 spiro atoms. The van der Waals surface area contributed by atoms with Gasteiger partial charge in [-0.1, -0.05) is 36.4 Å². The minimum Gasteiger partial charge on any atom is -0.432 e. The zero-order chi connectivity index (χ0) is 72.4. The smallest absolute Gasteiger partial charge is 0.432 e. The molecule has 30 heteroatoms. The number of benzene rings is 4. The van der Waals surface area contributed by atoms with E-state index in [-0.39, 0.29) is 24.0 Å². The van der Waals surface area contributed by atoms with Gasteiger partial charge in [-0.05, 0) is 156 Å². The molecule has 2 fully saturated rings. The van der Waals surface area contributed by atoms with Gasteiger partial charge in [-0.15, -0.1) is 0 Å². The number of hydrogen-bond donors (Lipinski definition) is 5. The van der Waals surface area contributed by atoms with Crippen LogP contribution in [0.25, 0.3) is 22.5 Å². The highest BCUT2D eigenvalue weighted by molar-refractivity contribution is 7.86. The highest BCUT2D eigenvalue weighted by Gasteiger charge is 2.31. The number of likely N-dealkylation sites (N-methyl/N-ethyl adjacent to an activating group) is 2. The quantitative estimate of drug-likeness (QED) is 0.0147. The number of carbonyl (C=O) groups is 4. The van der Waals surface area contributed by atoms with Gasteiger partial charge >= 0.3 is 12.3 Å².